The summed E-state index contributed by atoms with van der Waals surface area (Å²) in [6.07, 6.45) is 4.55. The molecule has 5 heteroatoms. The normalized spacial score (nSPS) is 10.5. The highest BCUT2D eigenvalue weighted by Gasteiger charge is 2.06. The van der Waals surface area contributed by atoms with Crippen molar-refractivity contribution >= 4 is 11.6 Å². The number of hydrogen-bond donors (Lipinski definition) is 1. The van der Waals surface area contributed by atoms with Crippen LogP contribution < -0.4 is 5.32 Å². The molecule has 0 fully saturated rings. The monoisotopic (exact) mass is 309 g/mol. The SMILES string of the molecule is O=C(CCc1cnn(-c2ccccc2)c1)Nc1cccc(F)c1. The predicted molar refractivity (Wildman–Crippen MR) is 86.9 cm³/mol. The van der Waals surface area contributed by atoms with Crippen LogP contribution in [0.25, 0.3) is 5.69 Å². The van der Waals surface area contributed by atoms with Gasteiger partial charge in [0.15, 0.2) is 0 Å². The van der Waals surface area contributed by atoms with E-state index in [0.29, 0.717) is 18.5 Å². The average Bonchev–Trinajstić information content (AvgIpc) is 3.03. The lowest BCUT2D eigenvalue weighted by Gasteiger charge is -2.04. The Labute approximate surface area is 133 Å². The highest BCUT2D eigenvalue weighted by molar-refractivity contribution is 5.90. The van der Waals surface area contributed by atoms with Crippen LogP contribution >= 0.6 is 0 Å². The van der Waals surface area contributed by atoms with E-state index < -0.39 is 0 Å². The van der Waals surface area contributed by atoms with E-state index in [1.807, 2.05) is 36.5 Å². The van der Waals surface area contributed by atoms with Gasteiger partial charge in [-0.3, -0.25) is 4.79 Å². The first-order valence-electron chi connectivity index (χ1n) is 7.35. The van der Waals surface area contributed by atoms with E-state index in [4.69, 9.17) is 0 Å². The maximum Gasteiger partial charge on any atom is 0.224 e. The molecule has 0 unspecified atom stereocenters. The molecule has 4 nitrogen and oxygen atoms in total. The van der Waals surface area contributed by atoms with Crippen LogP contribution in [0, 0.1) is 5.82 Å². The topological polar surface area (TPSA) is 46.9 Å². The summed E-state index contributed by atoms with van der Waals surface area (Å²) in [4.78, 5) is 11.9. The van der Waals surface area contributed by atoms with Crippen molar-refractivity contribution in [2.24, 2.45) is 0 Å². The van der Waals surface area contributed by atoms with E-state index in [-0.39, 0.29) is 11.7 Å². The Hall–Kier alpha value is -2.95. The molecule has 1 N–H and O–H groups in total. The van der Waals surface area contributed by atoms with Gasteiger partial charge >= 0.3 is 0 Å². The van der Waals surface area contributed by atoms with Crippen molar-refractivity contribution < 1.29 is 9.18 Å². The van der Waals surface area contributed by atoms with E-state index in [2.05, 4.69) is 10.4 Å². The van der Waals surface area contributed by atoms with Crippen molar-refractivity contribution in [3.63, 3.8) is 0 Å². The molecular formula is C18H16FN3O. The Bertz CT molecular complexity index is 799. The summed E-state index contributed by atoms with van der Waals surface area (Å²) in [6.45, 7) is 0. The molecule has 0 saturated heterocycles. The number of halogens is 1. The van der Waals surface area contributed by atoms with Gasteiger partial charge in [0.25, 0.3) is 0 Å². The first kappa shape index (κ1) is 15.0. The van der Waals surface area contributed by atoms with E-state index in [9.17, 15) is 9.18 Å². The minimum Gasteiger partial charge on any atom is -0.326 e. The maximum atomic E-state index is 13.1. The Morgan fingerprint density at radius 2 is 1.96 bits per heavy atom. The number of nitrogens with zero attached hydrogens (tertiary/aromatic N) is 2. The molecule has 1 amide bonds. The number of carbonyl (C=O) groups is 1. The molecule has 0 bridgehead atoms. The highest BCUT2D eigenvalue weighted by Crippen LogP contribution is 2.12. The molecule has 0 atom stereocenters. The van der Waals surface area contributed by atoms with Gasteiger partial charge in [-0.25, -0.2) is 9.07 Å². The molecule has 0 aliphatic rings. The molecule has 3 rings (SSSR count). The van der Waals surface area contributed by atoms with E-state index in [1.54, 1.807) is 23.0 Å². The number of aromatic nitrogens is 2. The largest absolute Gasteiger partial charge is 0.326 e. The van der Waals surface area contributed by atoms with Gasteiger partial charge < -0.3 is 5.32 Å². The van der Waals surface area contributed by atoms with Gasteiger partial charge in [0.2, 0.25) is 5.91 Å². The fraction of sp³-hybridized carbons (Fsp3) is 0.111. The minimum atomic E-state index is -0.369. The highest BCUT2D eigenvalue weighted by atomic mass is 19.1. The van der Waals surface area contributed by atoms with Gasteiger partial charge in [-0.15, -0.1) is 0 Å². The third-order valence-corrected chi connectivity index (χ3v) is 3.41. The molecule has 0 saturated carbocycles. The fourth-order valence-electron chi connectivity index (χ4n) is 2.26. The number of hydrogen-bond acceptors (Lipinski definition) is 2. The number of rotatable bonds is 5. The third kappa shape index (κ3) is 4.03. The Balaban J connectivity index is 1.56. The maximum absolute atomic E-state index is 13.1. The molecular weight excluding hydrogens is 293 g/mol. The third-order valence-electron chi connectivity index (χ3n) is 3.41. The lowest BCUT2D eigenvalue weighted by atomic mass is 10.2. The van der Waals surface area contributed by atoms with Gasteiger partial charge in [0.05, 0.1) is 11.9 Å². The molecule has 23 heavy (non-hydrogen) atoms. The second-order valence-corrected chi connectivity index (χ2v) is 5.19. The van der Waals surface area contributed by atoms with Gasteiger partial charge in [-0.1, -0.05) is 24.3 Å². The van der Waals surface area contributed by atoms with Crippen molar-refractivity contribution in [1.29, 1.82) is 0 Å². The number of benzene rings is 2. The van der Waals surface area contributed by atoms with E-state index in [0.717, 1.165) is 11.3 Å². The first-order chi connectivity index (χ1) is 11.2. The van der Waals surface area contributed by atoms with Gasteiger partial charge in [0, 0.05) is 18.3 Å². The quantitative estimate of drug-likeness (QED) is 0.783. The molecule has 1 heterocycles. The predicted octanol–water partition coefficient (Wildman–Crippen LogP) is 3.58. The van der Waals surface area contributed by atoms with E-state index in [1.165, 1.54) is 12.1 Å². The van der Waals surface area contributed by atoms with E-state index >= 15 is 0 Å². The van der Waals surface area contributed by atoms with Crippen LogP contribution in [-0.2, 0) is 11.2 Å². The summed E-state index contributed by atoms with van der Waals surface area (Å²) in [6, 6.07) is 15.6. The Kier molecular flexibility index (Phi) is 4.47. The number of nitrogens with one attached hydrogen (secondary N) is 1. The Morgan fingerprint density at radius 1 is 1.13 bits per heavy atom. The molecule has 0 aliphatic heterocycles. The zero-order valence-corrected chi connectivity index (χ0v) is 12.4. The average molecular weight is 309 g/mol. The fourth-order valence-corrected chi connectivity index (χ4v) is 2.26. The van der Waals surface area contributed by atoms with Gasteiger partial charge in [-0.2, -0.15) is 5.10 Å². The molecule has 116 valence electrons. The number of amides is 1. The summed E-state index contributed by atoms with van der Waals surface area (Å²) in [5, 5.41) is 6.98. The van der Waals surface area contributed by atoms with Crippen LogP contribution in [0.4, 0.5) is 10.1 Å². The van der Waals surface area contributed by atoms with Crippen molar-refractivity contribution in [1.82, 2.24) is 9.78 Å². The molecule has 0 aliphatic carbocycles. The van der Waals surface area contributed by atoms with Gasteiger partial charge in [0.1, 0.15) is 5.82 Å². The second-order valence-electron chi connectivity index (χ2n) is 5.19. The van der Waals surface area contributed by atoms with Crippen LogP contribution in [0.1, 0.15) is 12.0 Å². The molecule has 1 aromatic heterocycles. The number of aryl methyl sites for hydroxylation is 1. The lowest BCUT2D eigenvalue weighted by molar-refractivity contribution is -0.116. The second kappa shape index (κ2) is 6.87. The van der Waals surface area contributed by atoms with Crippen LogP contribution in [0.15, 0.2) is 67.0 Å². The number of para-hydroxylation sites is 1. The summed E-state index contributed by atoms with van der Waals surface area (Å²) in [5.41, 5.74) is 2.42. The molecule has 0 radical (unpaired) electrons. The zero-order valence-electron chi connectivity index (χ0n) is 12.4. The summed E-state index contributed by atoms with van der Waals surface area (Å²) >= 11 is 0. The minimum absolute atomic E-state index is 0.150. The van der Waals surface area contributed by atoms with Crippen LogP contribution in [-0.4, -0.2) is 15.7 Å². The van der Waals surface area contributed by atoms with Crippen molar-refractivity contribution in [3.05, 3.63) is 78.4 Å². The smallest absolute Gasteiger partial charge is 0.224 e. The van der Waals surface area contributed by atoms with Crippen LogP contribution in [0.3, 0.4) is 0 Å². The Morgan fingerprint density at radius 3 is 2.74 bits per heavy atom. The molecule has 2 aromatic carbocycles. The van der Waals surface area contributed by atoms with Crippen molar-refractivity contribution in [2.45, 2.75) is 12.8 Å². The van der Waals surface area contributed by atoms with Crippen LogP contribution in [0.2, 0.25) is 0 Å². The van der Waals surface area contributed by atoms with Crippen molar-refractivity contribution in [2.75, 3.05) is 5.32 Å². The number of anilines is 1. The van der Waals surface area contributed by atoms with Gasteiger partial charge in [-0.05, 0) is 42.3 Å². The summed E-state index contributed by atoms with van der Waals surface area (Å²) < 4.78 is 14.8. The van der Waals surface area contributed by atoms with Crippen molar-refractivity contribution in [3.8, 4) is 5.69 Å². The zero-order chi connectivity index (χ0) is 16.1. The number of carbonyl (C=O) groups excluding carboxylic acids is 1. The first-order valence-corrected chi connectivity index (χ1v) is 7.35. The molecule has 0 spiro atoms. The van der Waals surface area contributed by atoms with Crippen LogP contribution in [0.5, 0.6) is 0 Å². The summed E-state index contributed by atoms with van der Waals surface area (Å²) in [5.74, 6) is -0.519. The lowest BCUT2D eigenvalue weighted by Crippen LogP contribution is -2.12. The standard InChI is InChI=1S/C18H16FN3O/c19-15-5-4-6-16(11-15)21-18(23)10-9-14-12-20-22(13-14)17-7-2-1-3-8-17/h1-8,11-13H,9-10H2,(H,21,23). The molecule has 3 aromatic rings. The summed E-state index contributed by atoms with van der Waals surface area (Å²) in [7, 11) is 0.